The molecule has 0 saturated carbocycles. The van der Waals surface area contributed by atoms with Gasteiger partial charge in [0.15, 0.2) is 0 Å². The Morgan fingerprint density at radius 2 is 2.06 bits per heavy atom. The molecule has 0 aliphatic heterocycles. The molecule has 7 heteroatoms. The Morgan fingerprint density at radius 3 is 2.56 bits per heavy atom. The first-order valence-electron chi connectivity index (χ1n) is 4.11. The molecule has 0 aliphatic rings. The van der Waals surface area contributed by atoms with Gasteiger partial charge < -0.3 is 5.73 Å². The number of rotatable bonds is 2. The van der Waals surface area contributed by atoms with E-state index in [-0.39, 0.29) is 21.9 Å². The van der Waals surface area contributed by atoms with Gasteiger partial charge in [-0.25, -0.2) is 4.99 Å². The molecule has 0 unspecified atom stereocenters. The van der Waals surface area contributed by atoms with E-state index < -0.39 is 11.7 Å². The Balaban J connectivity index is 3.25. The first kappa shape index (κ1) is 13.3. The van der Waals surface area contributed by atoms with Crippen molar-refractivity contribution in [2.45, 2.75) is 6.18 Å². The number of halogens is 5. The van der Waals surface area contributed by atoms with Crippen LogP contribution in [-0.2, 0) is 6.18 Å². The highest BCUT2D eigenvalue weighted by molar-refractivity contribution is 9.10. The second kappa shape index (κ2) is 5.05. The predicted molar refractivity (Wildman–Crippen MR) is 61.1 cm³/mol. The van der Waals surface area contributed by atoms with Gasteiger partial charge in [-0.2, -0.15) is 13.2 Å². The molecule has 0 saturated heterocycles. The molecular weight excluding hydrogens is 308 g/mol. The zero-order valence-corrected chi connectivity index (χ0v) is 10.2. The topological polar surface area (TPSA) is 38.4 Å². The molecule has 0 heterocycles. The number of aliphatic imine (C=N–C) groups is 1. The van der Waals surface area contributed by atoms with E-state index in [2.05, 4.69) is 20.9 Å². The molecule has 0 amide bonds. The van der Waals surface area contributed by atoms with Gasteiger partial charge in [0.2, 0.25) is 0 Å². The molecule has 16 heavy (non-hydrogen) atoms. The molecule has 0 bridgehead atoms. The Labute approximate surface area is 103 Å². The summed E-state index contributed by atoms with van der Waals surface area (Å²) in [4.78, 5) is 3.77. The molecular formula is C9H7BrClF3N2. The van der Waals surface area contributed by atoms with Gasteiger partial charge in [-0.1, -0.05) is 6.07 Å². The quantitative estimate of drug-likeness (QED) is 0.504. The minimum Gasteiger partial charge on any atom is -0.386 e. The van der Waals surface area contributed by atoms with Gasteiger partial charge in [0, 0.05) is 0 Å². The third-order valence-electron chi connectivity index (χ3n) is 1.68. The second-order valence-electron chi connectivity index (χ2n) is 2.87. The highest BCUT2D eigenvalue weighted by atomic mass is 79.9. The van der Waals surface area contributed by atoms with Crippen LogP contribution in [0.2, 0.25) is 0 Å². The van der Waals surface area contributed by atoms with Crippen LogP contribution in [0.1, 0.15) is 5.56 Å². The van der Waals surface area contributed by atoms with Crippen molar-refractivity contribution in [1.29, 1.82) is 0 Å². The molecule has 88 valence electrons. The van der Waals surface area contributed by atoms with Crippen LogP contribution in [0.5, 0.6) is 0 Å². The van der Waals surface area contributed by atoms with Crippen LogP contribution in [0.3, 0.4) is 0 Å². The van der Waals surface area contributed by atoms with E-state index in [1.165, 1.54) is 12.1 Å². The molecule has 0 spiro atoms. The molecule has 2 N–H and O–H groups in total. The van der Waals surface area contributed by atoms with E-state index in [0.717, 1.165) is 6.07 Å². The maximum absolute atomic E-state index is 12.5. The van der Waals surface area contributed by atoms with Crippen LogP contribution in [0.25, 0.3) is 0 Å². The zero-order chi connectivity index (χ0) is 12.3. The van der Waals surface area contributed by atoms with E-state index in [1.807, 2.05) is 0 Å². The fourth-order valence-electron chi connectivity index (χ4n) is 1.01. The van der Waals surface area contributed by atoms with Gasteiger partial charge in [-0.15, -0.1) is 11.6 Å². The summed E-state index contributed by atoms with van der Waals surface area (Å²) in [5, 5.41) is 0. The third kappa shape index (κ3) is 3.12. The van der Waals surface area contributed by atoms with Crippen LogP contribution < -0.4 is 5.73 Å². The van der Waals surface area contributed by atoms with Crippen molar-refractivity contribution in [3.05, 3.63) is 28.2 Å². The average Bonchev–Trinajstić information content (AvgIpc) is 2.19. The van der Waals surface area contributed by atoms with E-state index >= 15 is 0 Å². The van der Waals surface area contributed by atoms with Crippen molar-refractivity contribution in [3.63, 3.8) is 0 Å². The molecule has 1 rings (SSSR count). The van der Waals surface area contributed by atoms with Crippen LogP contribution in [-0.4, -0.2) is 11.7 Å². The highest BCUT2D eigenvalue weighted by Gasteiger charge is 2.33. The third-order valence-corrected chi connectivity index (χ3v) is 2.79. The van der Waals surface area contributed by atoms with Crippen LogP contribution in [0, 0.1) is 0 Å². The fourth-order valence-corrected chi connectivity index (χ4v) is 1.65. The Hall–Kier alpha value is -0.750. The number of nitrogens with zero attached hydrogens (tertiary/aromatic N) is 1. The minimum absolute atomic E-state index is 0.0390. The molecule has 0 radical (unpaired) electrons. The van der Waals surface area contributed by atoms with Crippen molar-refractivity contribution in [2.24, 2.45) is 10.7 Å². The SMILES string of the molecule is NC(CCl)=Nc1cccc(C(F)(F)F)c1Br. The monoisotopic (exact) mass is 314 g/mol. The van der Waals surface area contributed by atoms with Crippen LogP contribution >= 0.6 is 27.5 Å². The number of hydrogen-bond donors (Lipinski definition) is 1. The lowest BCUT2D eigenvalue weighted by molar-refractivity contribution is -0.138. The highest BCUT2D eigenvalue weighted by Crippen LogP contribution is 2.39. The molecule has 1 aromatic rings. The number of alkyl halides is 4. The first-order chi connectivity index (χ1) is 7.36. The van der Waals surface area contributed by atoms with Crippen molar-refractivity contribution in [3.8, 4) is 0 Å². The van der Waals surface area contributed by atoms with Crippen molar-refractivity contribution >= 4 is 39.1 Å². The summed E-state index contributed by atoms with van der Waals surface area (Å²) in [6.07, 6.45) is -4.43. The second-order valence-corrected chi connectivity index (χ2v) is 3.93. The smallest absolute Gasteiger partial charge is 0.386 e. The molecule has 1 aromatic carbocycles. The summed E-state index contributed by atoms with van der Waals surface area (Å²) in [5.41, 5.74) is 4.66. The maximum Gasteiger partial charge on any atom is 0.417 e. The van der Waals surface area contributed by atoms with E-state index in [0.29, 0.717) is 0 Å². The molecule has 0 fully saturated rings. The zero-order valence-electron chi connectivity index (χ0n) is 7.85. The lowest BCUT2D eigenvalue weighted by Gasteiger charge is -2.10. The average molecular weight is 316 g/mol. The summed E-state index contributed by atoms with van der Waals surface area (Å²) in [6.45, 7) is 0. The summed E-state index contributed by atoms with van der Waals surface area (Å²) in [6, 6.07) is 3.63. The molecule has 0 aromatic heterocycles. The van der Waals surface area contributed by atoms with Crippen molar-refractivity contribution in [1.82, 2.24) is 0 Å². The Bertz CT molecular complexity index is 418. The Kier molecular flexibility index (Phi) is 4.21. The van der Waals surface area contributed by atoms with Gasteiger partial charge in [0.1, 0.15) is 5.84 Å². The van der Waals surface area contributed by atoms with E-state index in [1.54, 1.807) is 0 Å². The van der Waals surface area contributed by atoms with Crippen LogP contribution in [0.15, 0.2) is 27.7 Å². The van der Waals surface area contributed by atoms with Crippen molar-refractivity contribution < 1.29 is 13.2 Å². The number of nitrogens with two attached hydrogens (primary N) is 1. The first-order valence-corrected chi connectivity index (χ1v) is 5.43. The van der Waals surface area contributed by atoms with Crippen LogP contribution in [0.4, 0.5) is 18.9 Å². The number of amidine groups is 1. The maximum atomic E-state index is 12.5. The lowest BCUT2D eigenvalue weighted by Crippen LogP contribution is -2.12. The van der Waals surface area contributed by atoms with E-state index in [4.69, 9.17) is 17.3 Å². The van der Waals surface area contributed by atoms with Crippen molar-refractivity contribution in [2.75, 3.05) is 5.88 Å². The normalized spacial score (nSPS) is 12.9. The summed E-state index contributed by atoms with van der Waals surface area (Å²) < 4.78 is 37.4. The molecule has 0 aliphatic carbocycles. The van der Waals surface area contributed by atoms with Gasteiger partial charge in [-0.3, -0.25) is 0 Å². The number of hydrogen-bond acceptors (Lipinski definition) is 1. The lowest BCUT2D eigenvalue weighted by atomic mass is 10.2. The molecule has 0 atom stereocenters. The van der Waals surface area contributed by atoms with Gasteiger partial charge >= 0.3 is 6.18 Å². The van der Waals surface area contributed by atoms with Gasteiger partial charge in [-0.05, 0) is 28.1 Å². The summed E-state index contributed by atoms with van der Waals surface area (Å²) in [5.74, 6) is 0.0181. The summed E-state index contributed by atoms with van der Waals surface area (Å²) >= 11 is 8.24. The standard InChI is InChI=1S/C9H7BrClF3N2/c10-8-5(9(12,13)14)2-1-3-6(8)16-7(15)4-11/h1-3H,4H2,(H2,15,16). The number of benzene rings is 1. The summed E-state index contributed by atoms with van der Waals surface area (Å²) in [7, 11) is 0. The van der Waals surface area contributed by atoms with E-state index in [9.17, 15) is 13.2 Å². The van der Waals surface area contributed by atoms with Gasteiger partial charge in [0.25, 0.3) is 0 Å². The molecule has 2 nitrogen and oxygen atoms in total. The Morgan fingerprint density at radius 1 is 1.44 bits per heavy atom. The predicted octanol–water partition coefficient (Wildman–Crippen LogP) is 3.70. The largest absolute Gasteiger partial charge is 0.417 e. The minimum atomic E-state index is -4.43. The fraction of sp³-hybridized carbons (Fsp3) is 0.222. The van der Waals surface area contributed by atoms with Gasteiger partial charge in [0.05, 0.1) is 21.6 Å².